The molecule has 1 aliphatic rings. The lowest BCUT2D eigenvalue weighted by Crippen LogP contribution is -2.01. The van der Waals surface area contributed by atoms with Crippen LogP contribution in [0.5, 0.6) is 0 Å². The van der Waals surface area contributed by atoms with Gasteiger partial charge in [-0.05, 0) is 42.5 Å². The van der Waals surface area contributed by atoms with Gasteiger partial charge in [0.2, 0.25) is 0 Å². The highest BCUT2D eigenvalue weighted by Crippen LogP contribution is 2.48. The van der Waals surface area contributed by atoms with Gasteiger partial charge >= 0.3 is 0 Å². The monoisotopic (exact) mass is 220 g/mol. The largest absolute Gasteiger partial charge is 0.361 e. The second kappa shape index (κ2) is 3.26. The molecule has 3 rings (SSSR count). The Morgan fingerprint density at radius 1 is 1.47 bits per heavy atom. The van der Waals surface area contributed by atoms with Crippen molar-refractivity contribution < 1.29 is 0 Å². The minimum absolute atomic E-state index is 0.657. The highest BCUT2D eigenvalue weighted by Gasteiger charge is 2.38. The number of nitrogens with two attached hydrogens (primary N) is 1. The number of benzene rings is 1. The molecule has 0 amide bonds. The van der Waals surface area contributed by atoms with E-state index in [0.29, 0.717) is 11.8 Å². The van der Waals surface area contributed by atoms with E-state index in [-0.39, 0.29) is 0 Å². The number of aromatic amines is 1. The number of H-pyrrole nitrogens is 1. The molecule has 1 saturated carbocycles. The highest BCUT2D eigenvalue weighted by molar-refractivity contribution is 6.31. The maximum atomic E-state index is 5.94. The summed E-state index contributed by atoms with van der Waals surface area (Å²) in [6.45, 7) is 0.797. The molecule has 3 heteroatoms. The number of hydrogen-bond donors (Lipinski definition) is 2. The number of halogens is 1. The van der Waals surface area contributed by atoms with E-state index < -0.39 is 0 Å². The Labute approximate surface area is 93.4 Å². The third kappa shape index (κ3) is 1.45. The standard InChI is InChI=1S/C12H13ClN2/c13-8-1-2-9-11(6-15-12(9)4-8)10-3-7(10)5-14/h1-2,4,6-7,10,15H,3,5,14H2. The molecule has 2 unspecified atom stereocenters. The van der Waals surface area contributed by atoms with Crippen LogP contribution < -0.4 is 5.73 Å². The Hall–Kier alpha value is -0.990. The van der Waals surface area contributed by atoms with Gasteiger partial charge in [0.05, 0.1) is 0 Å². The molecule has 0 radical (unpaired) electrons. The van der Waals surface area contributed by atoms with Crippen LogP contribution in [-0.2, 0) is 0 Å². The number of rotatable bonds is 2. The molecular weight excluding hydrogens is 208 g/mol. The molecule has 1 fully saturated rings. The summed E-state index contributed by atoms with van der Waals surface area (Å²) < 4.78 is 0. The van der Waals surface area contributed by atoms with Crippen molar-refractivity contribution in [2.75, 3.05) is 6.54 Å². The maximum absolute atomic E-state index is 5.94. The first-order valence-corrected chi connectivity index (χ1v) is 5.64. The molecule has 78 valence electrons. The van der Waals surface area contributed by atoms with Crippen LogP contribution >= 0.6 is 11.6 Å². The van der Waals surface area contributed by atoms with E-state index >= 15 is 0 Å². The first-order valence-electron chi connectivity index (χ1n) is 5.26. The van der Waals surface area contributed by atoms with E-state index in [1.54, 1.807) is 0 Å². The molecule has 0 aliphatic heterocycles. The van der Waals surface area contributed by atoms with Crippen LogP contribution in [0.15, 0.2) is 24.4 Å². The Balaban J connectivity index is 2.06. The smallest absolute Gasteiger partial charge is 0.0471 e. The predicted molar refractivity (Wildman–Crippen MR) is 63.2 cm³/mol. The van der Waals surface area contributed by atoms with E-state index in [1.165, 1.54) is 17.4 Å². The van der Waals surface area contributed by atoms with Crippen LogP contribution in [0.3, 0.4) is 0 Å². The van der Waals surface area contributed by atoms with Crippen LogP contribution in [0.4, 0.5) is 0 Å². The van der Waals surface area contributed by atoms with E-state index in [2.05, 4.69) is 17.2 Å². The third-order valence-corrected chi connectivity index (χ3v) is 3.54. The van der Waals surface area contributed by atoms with Gasteiger partial charge in [-0.2, -0.15) is 0 Å². The molecule has 1 aromatic carbocycles. The van der Waals surface area contributed by atoms with Crippen LogP contribution in [-0.4, -0.2) is 11.5 Å². The average molecular weight is 221 g/mol. The summed E-state index contributed by atoms with van der Waals surface area (Å²) in [7, 11) is 0. The Kier molecular flexibility index (Phi) is 2.01. The summed E-state index contributed by atoms with van der Waals surface area (Å²) in [5, 5.41) is 2.07. The van der Waals surface area contributed by atoms with E-state index in [0.717, 1.165) is 17.1 Å². The zero-order chi connectivity index (χ0) is 10.4. The minimum Gasteiger partial charge on any atom is -0.361 e. The van der Waals surface area contributed by atoms with Gasteiger partial charge in [0, 0.05) is 22.1 Å². The summed E-state index contributed by atoms with van der Waals surface area (Å²) in [5.74, 6) is 1.34. The molecule has 0 bridgehead atoms. The third-order valence-electron chi connectivity index (χ3n) is 3.30. The van der Waals surface area contributed by atoms with Crippen LogP contribution in [0.2, 0.25) is 5.02 Å². The zero-order valence-electron chi connectivity index (χ0n) is 8.33. The first kappa shape index (κ1) is 9.25. The molecule has 3 N–H and O–H groups in total. The molecular formula is C12H13ClN2. The molecule has 1 heterocycles. The Morgan fingerprint density at radius 2 is 2.33 bits per heavy atom. The summed E-state index contributed by atoms with van der Waals surface area (Å²) in [4.78, 5) is 3.27. The van der Waals surface area contributed by atoms with Gasteiger partial charge in [0.15, 0.2) is 0 Å². The Bertz CT molecular complexity index is 503. The van der Waals surface area contributed by atoms with Crippen molar-refractivity contribution in [1.82, 2.24) is 4.98 Å². The SMILES string of the molecule is NCC1CC1c1c[nH]c2cc(Cl)ccc12. The number of nitrogens with one attached hydrogen (secondary N) is 1. The molecule has 1 aliphatic carbocycles. The lowest BCUT2D eigenvalue weighted by atomic mass is 10.1. The van der Waals surface area contributed by atoms with Crippen molar-refractivity contribution in [2.24, 2.45) is 11.7 Å². The van der Waals surface area contributed by atoms with Gasteiger partial charge in [-0.1, -0.05) is 17.7 Å². The lowest BCUT2D eigenvalue weighted by molar-refractivity contribution is 0.812. The van der Waals surface area contributed by atoms with Gasteiger partial charge in [-0.3, -0.25) is 0 Å². The molecule has 2 nitrogen and oxygen atoms in total. The van der Waals surface area contributed by atoms with Crippen molar-refractivity contribution in [3.05, 3.63) is 35.0 Å². The number of aromatic nitrogens is 1. The summed E-state index contributed by atoms with van der Waals surface area (Å²) >= 11 is 5.94. The van der Waals surface area contributed by atoms with E-state index in [1.807, 2.05) is 12.1 Å². The maximum Gasteiger partial charge on any atom is 0.0471 e. The second-order valence-electron chi connectivity index (χ2n) is 4.27. The van der Waals surface area contributed by atoms with Gasteiger partial charge in [-0.15, -0.1) is 0 Å². The minimum atomic E-state index is 0.657. The van der Waals surface area contributed by atoms with Crippen LogP contribution in [0.1, 0.15) is 17.9 Å². The molecule has 2 atom stereocenters. The van der Waals surface area contributed by atoms with Crippen LogP contribution in [0.25, 0.3) is 10.9 Å². The normalized spacial score (nSPS) is 24.7. The van der Waals surface area contributed by atoms with E-state index in [9.17, 15) is 0 Å². The fourth-order valence-electron chi connectivity index (χ4n) is 2.32. The summed E-state index contributed by atoms with van der Waals surface area (Å²) in [6.07, 6.45) is 3.33. The topological polar surface area (TPSA) is 41.8 Å². The van der Waals surface area contributed by atoms with Crippen LogP contribution in [0, 0.1) is 5.92 Å². The van der Waals surface area contributed by atoms with Crippen molar-refractivity contribution in [2.45, 2.75) is 12.3 Å². The molecule has 0 spiro atoms. The van der Waals surface area contributed by atoms with Crippen molar-refractivity contribution in [1.29, 1.82) is 0 Å². The average Bonchev–Trinajstić information content (AvgIpc) is 2.91. The van der Waals surface area contributed by atoms with Crippen molar-refractivity contribution in [3.8, 4) is 0 Å². The first-order chi connectivity index (χ1) is 7.29. The van der Waals surface area contributed by atoms with Gasteiger partial charge in [0.25, 0.3) is 0 Å². The molecule has 1 aromatic heterocycles. The second-order valence-corrected chi connectivity index (χ2v) is 4.71. The fraction of sp³-hybridized carbons (Fsp3) is 0.333. The molecule has 2 aromatic rings. The molecule has 0 saturated heterocycles. The van der Waals surface area contributed by atoms with E-state index in [4.69, 9.17) is 17.3 Å². The summed E-state index contributed by atoms with van der Waals surface area (Å²) in [5.41, 5.74) is 8.19. The fourth-order valence-corrected chi connectivity index (χ4v) is 2.49. The summed E-state index contributed by atoms with van der Waals surface area (Å²) in [6, 6.07) is 6.01. The van der Waals surface area contributed by atoms with Crippen molar-refractivity contribution >= 4 is 22.5 Å². The quantitative estimate of drug-likeness (QED) is 0.803. The van der Waals surface area contributed by atoms with Gasteiger partial charge in [-0.25, -0.2) is 0 Å². The Morgan fingerprint density at radius 3 is 3.07 bits per heavy atom. The van der Waals surface area contributed by atoms with Gasteiger partial charge in [0.1, 0.15) is 0 Å². The highest BCUT2D eigenvalue weighted by atomic mass is 35.5. The molecule has 15 heavy (non-hydrogen) atoms. The number of hydrogen-bond acceptors (Lipinski definition) is 1. The number of fused-ring (bicyclic) bond motifs is 1. The zero-order valence-corrected chi connectivity index (χ0v) is 9.09. The van der Waals surface area contributed by atoms with Gasteiger partial charge < -0.3 is 10.7 Å². The predicted octanol–water partition coefficient (Wildman–Crippen LogP) is 2.88. The lowest BCUT2D eigenvalue weighted by Gasteiger charge is -1.97. The van der Waals surface area contributed by atoms with Crippen molar-refractivity contribution in [3.63, 3.8) is 0 Å².